The fourth-order valence-electron chi connectivity index (χ4n) is 2.78. The Bertz CT molecular complexity index is 930. The van der Waals surface area contributed by atoms with Crippen LogP contribution in [-0.4, -0.2) is 49.9 Å². The Hall–Kier alpha value is -2.32. The second-order valence-electron chi connectivity index (χ2n) is 6.88. The minimum Gasteiger partial charge on any atom is -0.438 e. The Morgan fingerprint density at radius 1 is 1.03 bits per heavy atom. The van der Waals surface area contributed by atoms with E-state index in [1.165, 1.54) is 6.92 Å². The molecule has 0 amide bonds. The van der Waals surface area contributed by atoms with Crippen LogP contribution in [0.3, 0.4) is 0 Å². The van der Waals surface area contributed by atoms with Gasteiger partial charge < -0.3 is 33.8 Å². The number of aliphatic hydroxyl groups is 2. The van der Waals surface area contributed by atoms with E-state index in [0.29, 0.717) is 5.56 Å². The molecule has 9 heteroatoms. The molecule has 3 rings (SSSR count). The maximum absolute atomic E-state index is 12.1. The SMILES string of the molecule is CC(O)C(CO)COP(O)O.CC(OC(=O)c1ccccc1)n1ccc2ccccc21. The predicted molar refractivity (Wildman–Crippen MR) is 118 cm³/mol. The maximum atomic E-state index is 12.1. The first-order valence-electron chi connectivity index (χ1n) is 9.74. The maximum Gasteiger partial charge on any atom is 0.340 e. The van der Waals surface area contributed by atoms with Gasteiger partial charge in [0.05, 0.1) is 30.4 Å². The Morgan fingerprint density at radius 3 is 2.29 bits per heavy atom. The summed E-state index contributed by atoms with van der Waals surface area (Å²) in [5, 5.41) is 18.7. The number of hydrogen-bond acceptors (Lipinski definition) is 7. The third kappa shape index (κ3) is 7.70. The van der Waals surface area contributed by atoms with E-state index >= 15 is 0 Å². The largest absolute Gasteiger partial charge is 0.438 e. The highest BCUT2D eigenvalue weighted by atomic mass is 31.2. The molecular formula is C22H28NO7P. The normalized spacial score (nSPS) is 13.9. The van der Waals surface area contributed by atoms with Gasteiger partial charge in [0, 0.05) is 12.1 Å². The zero-order valence-corrected chi connectivity index (χ0v) is 18.3. The fourth-order valence-corrected chi connectivity index (χ4v) is 3.11. The molecule has 0 fully saturated rings. The van der Waals surface area contributed by atoms with Gasteiger partial charge in [-0.05, 0) is 43.5 Å². The van der Waals surface area contributed by atoms with Crippen molar-refractivity contribution in [3.05, 3.63) is 72.4 Å². The summed E-state index contributed by atoms with van der Waals surface area (Å²) in [6.07, 6.45) is 0.880. The predicted octanol–water partition coefficient (Wildman–Crippen LogP) is 3.22. The summed E-state index contributed by atoms with van der Waals surface area (Å²) in [6, 6.07) is 19.1. The van der Waals surface area contributed by atoms with Gasteiger partial charge in [-0.2, -0.15) is 0 Å². The molecule has 3 aromatic rings. The Labute approximate surface area is 182 Å². The van der Waals surface area contributed by atoms with Crippen molar-refractivity contribution in [3.8, 4) is 0 Å². The molecule has 31 heavy (non-hydrogen) atoms. The number of carbonyl (C=O) groups excluding carboxylic acids is 1. The monoisotopic (exact) mass is 449 g/mol. The van der Waals surface area contributed by atoms with Gasteiger partial charge in [0.15, 0.2) is 6.23 Å². The zero-order chi connectivity index (χ0) is 22.8. The molecule has 0 aliphatic rings. The van der Waals surface area contributed by atoms with Crippen LogP contribution in [0.25, 0.3) is 10.9 Å². The average Bonchev–Trinajstić information content (AvgIpc) is 3.19. The van der Waals surface area contributed by atoms with Gasteiger partial charge in [0.2, 0.25) is 0 Å². The standard InChI is InChI=1S/C17H15NO2.C5H13O5P/c1-13(20-17(19)15-8-3-2-4-9-15)18-12-11-14-7-5-6-10-16(14)18;1-4(7)5(2-6)3-10-11(8)9/h2-13H,1H3;4-9H,2-3H2,1H3. The molecular weight excluding hydrogens is 421 g/mol. The number of aliphatic hydroxyl groups excluding tert-OH is 2. The van der Waals surface area contributed by atoms with Crippen LogP contribution in [0.2, 0.25) is 0 Å². The quantitative estimate of drug-likeness (QED) is 0.308. The lowest BCUT2D eigenvalue weighted by Gasteiger charge is -2.16. The molecule has 0 spiro atoms. The highest BCUT2D eigenvalue weighted by Gasteiger charge is 2.16. The third-order valence-electron chi connectivity index (χ3n) is 4.63. The highest BCUT2D eigenvalue weighted by Crippen LogP contribution is 2.25. The molecule has 0 saturated carbocycles. The van der Waals surface area contributed by atoms with E-state index in [1.54, 1.807) is 12.1 Å². The van der Waals surface area contributed by atoms with Gasteiger partial charge in [-0.3, -0.25) is 0 Å². The van der Waals surface area contributed by atoms with E-state index in [0.717, 1.165) is 10.9 Å². The molecule has 3 unspecified atom stereocenters. The molecule has 1 aromatic heterocycles. The Morgan fingerprint density at radius 2 is 1.68 bits per heavy atom. The number of para-hydroxylation sites is 1. The number of aromatic nitrogens is 1. The number of hydrogen-bond donors (Lipinski definition) is 4. The van der Waals surface area contributed by atoms with Crippen LogP contribution in [0.4, 0.5) is 0 Å². The van der Waals surface area contributed by atoms with Crippen LogP contribution in [0.1, 0.15) is 30.4 Å². The smallest absolute Gasteiger partial charge is 0.340 e. The van der Waals surface area contributed by atoms with Crippen molar-refractivity contribution < 1.29 is 34.1 Å². The highest BCUT2D eigenvalue weighted by molar-refractivity contribution is 7.39. The topological polar surface area (TPSA) is 121 Å². The van der Waals surface area contributed by atoms with Gasteiger partial charge in [-0.1, -0.05) is 36.4 Å². The second kappa shape index (κ2) is 12.5. The summed E-state index contributed by atoms with van der Waals surface area (Å²) >= 11 is 0. The van der Waals surface area contributed by atoms with E-state index in [2.05, 4.69) is 4.52 Å². The molecule has 0 aliphatic carbocycles. The minimum absolute atomic E-state index is 0.0487. The Kier molecular flexibility index (Phi) is 10.1. The number of fused-ring (bicyclic) bond motifs is 1. The number of rotatable bonds is 8. The number of benzene rings is 2. The van der Waals surface area contributed by atoms with Crippen LogP contribution >= 0.6 is 8.60 Å². The van der Waals surface area contributed by atoms with E-state index in [9.17, 15) is 4.79 Å². The molecule has 1 heterocycles. The molecule has 8 nitrogen and oxygen atoms in total. The molecule has 4 N–H and O–H groups in total. The minimum atomic E-state index is -2.39. The van der Waals surface area contributed by atoms with Crippen molar-refractivity contribution in [2.24, 2.45) is 5.92 Å². The lowest BCUT2D eigenvalue weighted by atomic mass is 10.1. The second-order valence-corrected chi connectivity index (χ2v) is 7.65. The lowest BCUT2D eigenvalue weighted by molar-refractivity contribution is 0.0171. The zero-order valence-electron chi connectivity index (χ0n) is 17.4. The van der Waals surface area contributed by atoms with Crippen LogP contribution in [0.15, 0.2) is 66.9 Å². The van der Waals surface area contributed by atoms with Crippen molar-refractivity contribution in [3.63, 3.8) is 0 Å². The molecule has 2 aromatic carbocycles. The summed E-state index contributed by atoms with van der Waals surface area (Å²) in [6.45, 7) is 3.09. The van der Waals surface area contributed by atoms with Crippen LogP contribution in [0.5, 0.6) is 0 Å². The van der Waals surface area contributed by atoms with Crippen molar-refractivity contribution in [1.29, 1.82) is 0 Å². The molecule has 0 saturated heterocycles. The van der Waals surface area contributed by atoms with E-state index in [1.807, 2.05) is 66.2 Å². The summed E-state index contributed by atoms with van der Waals surface area (Å²) in [4.78, 5) is 28.7. The van der Waals surface area contributed by atoms with Crippen LogP contribution < -0.4 is 0 Å². The first-order valence-corrected chi connectivity index (χ1v) is 10.9. The third-order valence-corrected chi connectivity index (χ3v) is 5.01. The first-order chi connectivity index (χ1) is 14.8. The number of esters is 1. The van der Waals surface area contributed by atoms with Crippen LogP contribution in [-0.2, 0) is 9.26 Å². The number of carbonyl (C=O) groups is 1. The van der Waals surface area contributed by atoms with Gasteiger partial charge >= 0.3 is 14.6 Å². The van der Waals surface area contributed by atoms with Gasteiger partial charge in [-0.25, -0.2) is 4.79 Å². The number of nitrogens with zero attached hydrogens (tertiary/aromatic N) is 1. The van der Waals surface area contributed by atoms with E-state index < -0.39 is 20.6 Å². The summed E-state index contributed by atoms with van der Waals surface area (Å²) in [7, 11) is -2.39. The van der Waals surface area contributed by atoms with Gasteiger partial charge in [0.1, 0.15) is 0 Å². The molecule has 0 radical (unpaired) electrons. The molecule has 0 bridgehead atoms. The average molecular weight is 449 g/mol. The summed E-state index contributed by atoms with van der Waals surface area (Å²) in [5.74, 6) is -0.768. The van der Waals surface area contributed by atoms with Gasteiger partial charge in [0.25, 0.3) is 0 Å². The van der Waals surface area contributed by atoms with Crippen molar-refractivity contribution in [1.82, 2.24) is 4.57 Å². The lowest BCUT2D eigenvalue weighted by Crippen LogP contribution is -2.24. The van der Waals surface area contributed by atoms with E-state index in [-0.39, 0.29) is 25.4 Å². The molecule has 168 valence electrons. The van der Waals surface area contributed by atoms with Crippen molar-refractivity contribution >= 4 is 25.5 Å². The Balaban J connectivity index is 0.000000267. The van der Waals surface area contributed by atoms with Crippen molar-refractivity contribution in [2.45, 2.75) is 26.2 Å². The van der Waals surface area contributed by atoms with Gasteiger partial charge in [-0.15, -0.1) is 0 Å². The van der Waals surface area contributed by atoms with Crippen molar-refractivity contribution in [2.75, 3.05) is 13.2 Å². The fraction of sp³-hybridized carbons (Fsp3) is 0.318. The van der Waals surface area contributed by atoms with E-state index in [4.69, 9.17) is 24.7 Å². The first kappa shape index (κ1) is 24.9. The molecule has 3 atom stereocenters. The summed E-state index contributed by atoms with van der Waals surface area (Å²) < 4.78 is 11.9. The molecule has 0 aliphatic heterocycles. The van der Waals surface area contributed by atoms with Crippen LogP contribution in [0, 0.1) is 5.92 Å². The summed E-state index contributed by atoms with van der Waals surface area (Å²) in [5.41, 5.74) is 1.62. The number of ether oxygens (including phenoxy) is 1.